The van der Waals surface area contributed by atoms with Gasteiger partial charge in [0.05, 0.1) is 4.92 Å². The number of carbonyl (C=O) groups excluding carboxylic acids is 1. The van der Waals surface area contributed by atoms with E-state index < -0.39 is 10.7 Å². The van der Waals surface area contributed by atoms with Gasteiger partial charge in [0.15, 0.2) is 0 Å². The molecule has 6 nitrogen and oxygen atoms in total. The number of Topliss-reactive ketones (excluding diaryl/α,β-unsaturated/α-hetero) is 1. The molecule has 0 spiro atoms. The highest BCUT2D eigenvalue weighted by atomic mass is 16.6. The number of allylic oxidation sites excluding steroid dienone is 1. The summed E-state index contributed by atoms with van der Waals surface area (Å²) in [6.45, 7) is 0. The first kappa shape index (κ1) is 16.9. The molecule has 0 bridgehead atoms. The second-order valence-electron chi connectivity index (χ2n) is 5.37. The number of carbonyl (C=O) groups is 1. The van der Waals surface area contributed by atoms with Crippen molar-refractivity contribution >= 4 is 17.5 Å². The van der Waals surface area contributed by atoms with Crippen LogP contribution < -0.4 is 0 Å². The Bertz CT molecular complexity index is 1040. The number of nitrogens with zero attached hydrogens (tertiary/aromatic N) is 2. The van der Waals surface area contributed by atoms with Crippen LogP contribution in [0.4, 0.5) is 5.69 Å². The summed E-state index contributed by atoms with van der Waals surface area (Å²) >= 11 is 0. The highest BCUT2D eigenvalue weighted by Gasteiger charge is 2.14. The first-order valence-electron chi connectivity index (χ1n) is 7.64. The van der Waals surface area contributed by atoms with E-state index in [1.165, 1.54) is 18.2 Å². The second-order valence-corrected chi connectivity index (χ2v) is 5.37. The van der Waals surface area contributed by atoms with E-state index in [9.17, 15) is 20.2 Å². The number of non-ortho nitro benzene ring substituents is 1. The van der Waals surface area contributed by atoms with Gasteiger partial charge in [-0.2, -0.15) is 5.26 Å². The van der Waals surface area contributed by atoms with Gasteiger partial charge in [-0.15, -0.1) is 0 Å². The van der Waals surface area contributed by atoms with Crippen LogP contribution in [-0.4, -0.2) is 10.7 Å². The number of benzene rings is 2. The number of hydrogen-bond donors (Lipinski definition) is 0. The SMILES string of the molecule is N#CC(=Cc1ccc(-c2cccc([N+](=O)[O-])c2)o1)C(=O)c1ccccc1. The van der Waals surface area contributed by atoms with E-state index in [1.54, 1.807) is 54.6 Å². The van der Waals surface area contributed by atoms with Crippen molar-refractivity contribution in [1.82, 2.24) is 0 Å². The summed E-state index contributed by atoms with van der Waals surface area (Å²) in [5.41, 5.74) is 0.835. The first-order chi connectivity index (χ1) is 12.6. The average molecular weight is 344 g/mol. The van der Waals surface area contributed by atoms with E-state index in [0.717, 1.165) is 0 Å². The van der Waals surface area contributed by atoms with E-state index in [1.807, 2.05) is 6.07 Å². The lowest BCUT2D eigenvalue weighted by atomic mass is 10.0. The van der Waals surface area contributed by atoms with Crippen LogP contribution in [-0.2, 0) is 0 Å². The third-order valence-electron chi connectivity index (χ3n) is 3.66. The van der Waals surface area contributed by atoms with Gasteiger partial charge in [0.1, 0.15) is 23.2 Å². The highest BCUT2D eigenvalue weighted by Crippen LogP contribution is 2.26. The Hall–Kier alpha value is -3.98. The zero-order valence-corrected chi connectivity index (χ0v) is 13.5. The maximum absolute atomic E-state index is 12.4. The van der Waals surface area contributed by atoms with Crippen LogP contribution in [0.25, 0.3) is 17.4 Å². The van der Waals surface area contributed by atoms with Crippen molar-refractivity contribution in [3.05, 3.63) is 93.7 Å². The standard InChI is InChI=1S/C20H12N2O4/c21-13-16(20(23)14-5-2-1-3-6-14)12-18-9-10-19(26-18)15-7-4-8-17(11-15)22(24)25/h1-12H. The summed E-state index contributed by atoms with van der Waals surface area (Å²) in [4.78, 5) is 22.8. The Morgan fingerprint density at radius 3 is 2.54 bits per heavy atom. The minimum atomic E-state index is -0.487. The van der Waals surface area contributed by atoms with Gasteiger partial charge in [0.25, 0.3) is 5.69 Å². The number of nitro benzene ring substituents is 1. The van der Waals surface area contributed by atoms with Gasteiger partial charge in [-0.1, -0.05) is 42.5 Å². The maximum atomic E-state index is 12.4. The Morgan fingerprint density at radius 1 is 1.08 bits per heavy atom. The number of hydrogen-bond acceptors (Lipinski definition) is 5. The zero-order chi connectivity index (χ0) is 18.5. The minimum Gasteiger partial charge on any atom is -0.457 e. The topological polar surface area (TPSA) is 97.1 Å². The van der Waals surface area contributed by atoms with Crippen LogP contribution in [0, 0.1) is 21.4 Å². The van der Waals surface area contributed by atoms with Gasteiger partial charge < -0.3 is 4.42 Å². The second kappa shape index (κ2) is 7.28. The van der Waals surface area contributed by atoms with Crippen LogP contribution >= 0.6 is 0 Å². The highest BCUT2D eigenvalue weighted by molar-refractivity contribution is 6.13. The molecule has 1 aromatic heterocycles. The lowest BCUT2D eigenvalue weighted by Crippen LogP contribution is -2.01. The van der Waals surface area contributed by atoms with Crippen LogP contribution in [0.1, 0.15) is 16.1 Å². The molecule has 2 aromatic carbocycles. The lowest BCUT2D eigenvalue weighted by molar-refractivity contribution is -0.384. The molecule has 0 atom stereocenters. The fraction of sp³-hybridized carbons (Fsp3) is 0. The molecule has 0 N–H and O–H groups in total. The average Bonchev–Trinajstić information content (AvgIpc) is 3.15. The van der Waals surface area contributed by atoms with Crippen molar-refractivity contribution in [3.8, 4) is 17.4 Å². The van der Waals surface area contributed by atoms with Crippen molar-refractivity contribution in [3.63, 3.8) is 0 Å². The summed E-state index contributed by atoms with van der Waals surface area (Å²) in [5, 5.41) is 20.2. The summed E-state index contributed by atoms with van der Waals surface area (Å²) < 4.78 is 5.62. The largest absolute Gasteiger partial charge is 0.457 e. The molecule has 0 radical (unpaired) electrons. The number of nitro groups is 1. The van der Waals surface area contributed by atoms with Crippen LogP contribution in [0.2, 0.25) is 0 Å². The molecule has 6 heteroatoms. The molecule has 0 saturated heterocycles. The van der Waals surface area contributed by atoms with E-state index in [-0.39, 0.29) is 11.3 Å². The van der Waals surface area contributed by atoms with Gasteiger partial charge in [0.2, 0.25) is 5.78 Å². The Labute approximate surface area is 148 Å². The van der Waals surface area contributed by atoms with Crippen LogP contribution in [0.15, 0.2) is 76.7 Å². The maximum Gasteiger partial charge on any atom is 0.270 e. The van der Waals surface area contributed by atoms with Gasteiger partial charge in [-0.25, -0.2) is 0 Å². The Morgan fingerprint density at radius 2 is 1.85 bits per heavy atom. The predicted octanol–water partition coefficient (Wildman–Crippen LogP) is 4.64. The smallest absolute Gasteiger partial charge is 0.270 e. The molecule has 26 heavy (non-hydrogen) atoms. The summed E-state index contributed by atoms with van der Waals surface area (Å²) in [5.74, 6) is 0.318. The molecule has 0 aliphatic rings. The third kappa shape index (κ3) is 3.57. The van der Waals surface area contributed by atoms with Crippen LogP contribution in [0.5, 0.6) is 0 Å². The van der Waals surface area contributed by atoms with Crippen molar-refractivity contribution in [2.75, 3.05) is 0 Å². The van der Waals surface area contributed by atoms with Gasteiger partial charge in [0, 0.05) is 29.3 Å². The third-order valence-corrected chi connectivity index (χ3v) is 3.66. The molecular weight excluding hydrogens is 332 g/mol. The molecule has 0 aliphatic heterocycles. The molecule has 0 saturated carbocycles. The molecule has 3 rings (SSSR count). The lowest BCUT2D eigenvalue weighted by Gasteiger charge is -1.99. The zero-order valence-electron chi connectivity index (χ0n) is 13.5. The predicted molar refractivity (Wildman–Crippen MR) is 95.2 cm³/mol. The number of ketones is 1. The van der Waals surface area contributed by atoms with Gasteiger partial charge >= 0.3 is 0 Å². The summed E-state index contributed by atoms with van der Waals surface area (Å²) in [6.07, 6.45) is 1.36. The molecule has 126 valence electrons. The normalized spacial score (nSPS) is 11.0. The first-order valence-corrected chi connectivity index (χ1v) is 7.64. The van der Waals surface area contributed by atoms with Gasteiger partial charge in [-0.05, 0) is 12.1 Å². The molecular formula is C20H12N2O4. The van der Waals surface area contributed by atoms with E-state index in [4.69, 9.17) is 4.42 Å². The van der Waals surface area contributed by atoms with Crippen molar-refractivity contribution in [2.45, 2.75) is 0 Å². The molecule has 0 unspecified atom stereocenters. The minimum absolute atomic E-state index is 0.0482. The monoisotopic (exact) mass is 344 g/mol. The Balaban J connectivity index is 1.90. The van der Waals surface area contributed by atoms with Gasteiger partial charge in [-0.3, -0.25) is 14.9 Å². The number of rotatable bonds is 5. The molecule has 0 aliphatic carbocycles. The van der Waals surface area contributed by atoms with E-state index in [2.05, 4.69) is 0 Å². The Kier molecular flexibility index (Phi) is 4.72. The molecule has 1 heterocycles. The summed E-state index contributed by atoms with van der Waals surface area (Å²) in [7, 11) is 0. The van der Waals surface area contributed by atoms with Crippen molar-refractivity contribution < 1.29 is 14.1 Å². The number of nitriles is 1. The summed E-state index contributed by atoms with van der Waals surface area (Å²) in [6, 6.07) is 19.6. The van der Waals surface area contributed by atoms with Crippen LogP contribution in [0.3, 0.4) is 0 Å². The quantitative estimate of drug-likeness (QED) is 0.221. The fourth-order valence-electron chi connectivity index (χ4n) is 2.39. The van der Waals surface area contributed by atoms with E-state index in [0.29, 0.717) is 22.6 Å². The number of furan rings is 1. The van der Waals surface area contributed by atoms with E-state index >= 15 is 0 Å². The molecule has 3 aromatic rings. The van der Waals surface area contributed by atoms with Crippen molar-refractivity contribution in [1.29, 1.82) is 5.26 Å². The fourth-order valence-corrected chi connectivity index (χ4v) is 2.39. The van der Waals surface area contributed by atoms with Crippen molar-refractivity contribution in [2.24, 2.45) is 0 Å². The molecule has 0 amide bonds. The molecule has 0 fully saturated rings.